The van der Waals surface area contributed by atoms with Crippen LogP contribution in [0.4, 0.5) is 5.69 Å². The SMILES string of the molecule is COc1c(Br)cc(Cl)cc1NC(C)c1ccc(C)cc1C. The molecule has 1 unspecified atom stereocenters. The van der Waals surface area contributed by atoms with Crippen LogP contribution in [0.1, 0.15) is 29.7 Å². The predicted molar refractivity (Wildman–Crippen MR) is 93.7 cm³/mol. The molecule has 0 fully saturated rings. The van der Waals surface area contributed by atoms with E-state index >= 15 is 0 Å². The molecule has 0 aromatic heterocycles. The largest absolute Gasteiger partial charge is 0.493 e. The molecule has 0 aliphatic heterocycles. The number of hydrogen-bond acceptors (Lipinski definition) is 2. The van der Waals surface area contributed by atoms with Crippen LogP contribution in [0.25, 0.3) is 0 Å². The van der Waals surface area contributed by atoms with Crippen molar-refractivity contribution in [3.05, 3.63) is 56.5 Å². The number of benzene rings is 2. The van der Waals surface area contributed by atoms with Crippen molar-refractivity contribution in [2.75, 3.05) is 12.4 Å². The van der Waals surface area contributed by atoms with E-state index in [2.05, 4.69) is 60.2 Å². The first-order valence-electron chi connectivity index (χ1n) is 6.79. The third-order valence-electron chi connectivity index (χ3n) is 3.48. The Kier molecular flexibility index (Phi) is 5.17. The summed E-state index contributed by atoms with van der Waals surface area (Å²) in [6.45, 7) is 6.36. The Morgan fingerprint density at radius 3 is 2.52 bits per heavy atom. The van der Waals surface area contributed by atoms with Crippen LogP contribution in [0.3, 0.4) is 0 Å². The van der Waals surface area contributed by atoms with Gasteiger partial charge in [0.15, 0.2) is 5.75 Å². The third-order valence-corrected chi connectivity index (χ3v) is 4.28. The second-order valence-corrected chi connectivity index (χ2v) is 6.49. The van der Waals surface area contributed by atoms with Crippen molar-refractivity contribution >= 4 is 33.2 Å². The van der Waals surface area contributed by atoms with Gasteiger partial charge >= 0.3 is 0 Å². The van der Waals surface area contributed by atoms with Gasteiger partial charge in [0.05, 0.1) is 17.3 Å². The lowest BCUT2D eigenvalue weighted by molar-refractivity contribution is 0.413. The second kappa shape index (κ2) is 6.71. The molecule has 112 valence electrons. The number of halogens is 2. The predicted octanol–water partition coefficient (Wildman–Crippen LogP) is 5.90. The molecule has 0 spiro atoms. The summed E-state index contributed by atoms with van der Waals surface area (Å²) in [6.07, 6.45) is 0. The fourth-order valence-corrected chi connectivity index (χ4v) is 3.47. The van der Waals surface area contributed by atoms with Gasteiger partial charge < -0.3 is 10.1 Å². The summed E-state index contributed by atoms with van der Waals surface area (Å²) >= 11 is 9.61. The summed E-state index contributed by atoms with van der Waals surface area (Å²) in [7, 11) is 1.65. The molecule has 0 heterocycles. The molecule has 0 bridgehead atoms. The lowest BCUT2D eigenvalue weighted by atomic mass is 10.00. The van der Waals surface area contributed by atoms with Crippen LogP contribution in [0.5, 0.6) is 5.75 Å². The van der Waals surface area contributed by atoms with Crippen LogP contribution in [-0.2, 0) is 0 Å². The molecule has 0 aliphatic rings. The minimum absolute atomic E-state index is 0.157. The molecule has 0 amide bonds. The zero-order chi connectivity index (χ0) is 15.6. The number of rotatable bonds is 4. The summed E-state index contributed by atoms with van der Waals surface area (Å²) in [6, 6.07) is 10.3. The Morgan fingerprint density at radius 1 is 1.19 bits per heavy atom. The molecule has 2 aromatic carbocycles. The molecule has 0 aliphatic carbocycles. The van der Waals surface area contributed by atoms with E-state index in [4.69, 9.17) is 16.3 Å². The van der Waals surface area contributed by atoms with E-state index in [0.29, 0.717) is 5.02 Å². The molecule has 0 radical (unpaired) electrons. The molecular weight excluding hydrogens is 350 g/mol. The Morgan fingerprint density at radius 2 is 1.90 bits per heavy atom. The Bertz CT molecular complexity index is 657. The Labute approximate surface area is 139 Å². The highest BCUT2D eigenvalue weighted by Gasteiger charge is 2.14. The topological polar surface area (TPSA) is 21.3 Å². The standard InChI is InChI=1S/C17H19BrClNO/c1-10-5-6-14(11(2)7-10)12(3)20-16-9-13(19)8-15(18)17(16)21-4/h5-9,12,20H,1-4H3. The number of aryl methyl sites for hydroxylation is 2. The Hall–Kier alpha value is -1.19. The molecule has 21 heavy (non-hydrogen) atoms. The van der Waals surface area contributed by atoms with Crippen molar-refractivity contribution in [1.29, 1.82) is 0 Å². The maximum Gasteiger partial charge on any atom is 0.156 e. The molecule has 2 aromatic rings. The number of ether oxygens (including phenoxy) is 1. The van der Waals surface area contributed by atoms with Crippen molar-refractivity contribution in [3.8, 4) is 5.75 Å². The zero-order valence-electron chi connectivity index (χ0n) is 12.6. The van der Waals surface area contributed by atoms with Gasteiger partial charge in [-0.1, -0.05) is 35.4 Å². The normalized spacial score (nSPS) is 12.1. The molecule has 0 saturated carbocycles. The maximum absolute atomic E-state index is 6.14. The van der Waals surface area contributed by atoms with Crippen molar-refractivity contribution < 1.29 is 4.74 Å². The zero-order valence-corrected chi connectivity index (χ0v) is 15.0. The van der Waals surface area contributed by atoms with Crippen LogP contribution >= 0.6 is 27.5 Å². The van der Waals surface area contributed by atoms with E-state index in [1.165, 1.54) is 16.7 Å². The summed E-state index contributed by atoms with van der Waals surface area (Å²) in [5, 5.41) is 4.15. The average Bonchev–Trinajstić information content (AvgIpc) is 2.37. The van der Waals surface area contributed by atoms with Gasteiger partial charge in [-0.15, -0.1) is 0 Å². The summed E-state index contributed by atoms with van der Waals surface area (Å²) in [5.41, 5.74) is 4.68. The van der Waals surface area contributed by atoms with E-state index in [0.717, 1.165) is 15.9 Å². The molecule has 2 nitrogen and oxygen atoms in total. The minimum atomic E-state index is 0.157. The van der Waals surface area contributed by atoms with Gasteiger partial charge in [0.1, 0.15) is 0 Å². The van der Waals surface area contributed by atoms with Gasteiger partial charge in [0.2, 0.25) is 0 Å². The quantitative estimate of drug-likeness (QED) is 0.725. The highest BCUT2D eigenvalue weighted by atomic mass is 79.9. The van der Waals surface area contributed by atoms with Crippen LogP contribution in [0.2, 0.25) is 5.02 Å². The van der Waals surface area contributed by atoms with E-state index < -0.39 is 0 Å². The van der Waals surface area contributed by atoms with E-state index in [1.54, 1.807) is 7.11 Å². The summed E-state index contributed by atoms with van der Waals surface area (Å²) in [4.78, 5) is 0. The van der Waals surface area contributed by atoms with E-state index in [1.807, 2.05) is 12.1 Å². The fourth-order valence-electron chi connectivity index (χ4n) is 2.50. The fraction of sp³-hybridized carbons (Fsp3) is 0.294. The smallest absolute Gasteiger partial charge is 0.156 e. The van der Waals surface area contributed by atoms with Gasteiger partial charge in [-0.2, -0.15) is 0 Å². The molecule has 1 N–H and O–H groups in total. The first-order valence-corrected chi connectivity index (χ1v) is 7.96. The third kappa shape index (κ3) is 3.72. The molecule has 0 saturated heterocycles. The van der Waals surface area contributed by atoms with Gasteiger partial charge in [0.25, 0.3) is 0 Å². The van der Waals surface area contributed by atoms with Crippen LogP contribution in [0.15, 0.2) is 34.8 Å². The van der Waals surface area contributed by atoms with Crippen molar-refractivity contribution in [2.24, 2.45) is 0 Å². The molecule has 2 rings (SSSR count). The Balaban J connectivity index is 2.33. The van der Waals surface area contributed by atoms with Crippen molar-refractivity contribution in [3.63, 3.8) is 0 Å². The minimum Gasteiger partial charge on any atom is -0.493 e. The molecule has 1 atom stereocenters. The summed E-state index contributed by atoms with van der Waals surface area (Å²) in [5.74, 6) is 0.760. The van der Waals surface area contributed by atoms with Crippen molar-refractivity contribution in [2.45, 2.75) is 26.8 Å². The van der Waals surface area contributed by atoms with E-state index in [-0.39, 0.29) is 6.04 Å². The lowest BCUT2D eigenvalue weighted by Crippen LogP contribution is -2.09. The number of anilines is 1. The van der Waals surface area contributed by atoms with Gasteiger partial charge in [0, 0.05) is 11.1 Å². The monoisotopic (exact) mass is 367 g/mol. The molecule has 4 heteroatoms. The van der Waals surface area contributed by atoms with Gasteiger partial charge in [-0.25, -0.2) is 0 Å². The van der Waals surface area contributed by atoms with Crippen LogP contribution in [0, 0.1) is 13.8 Å². The number of hydrogen-bond donors (Lipinski definition) is 1. The summed E-state index contributed by atoms with van der Waals surface area (Å²) < 4.78 is 6.29. The first kappa shape index (κ1) is 16.2. The van der Waals surface area contributed by atoms with Crippen LogP contribution in [-0.4, -0.2) is 7.11 Å². The number of methoxy groups -OCH3 is 1. The average molecular weight is 369 g/mol. The number of nitrogens with one attached hydrogen (secondary N) is 1. The van der Waals surface area contributed by atoms with Crippen LogP contribution < -0.4 is 10.1 Å². The maximum atomic E-state index is 6.14. The highest BCUT2D eigenvalue weighted by molar-refractivity contribution is 9.10. The van der Waals surface area contributed by atoms with E-state index in [9.17, 15) is 0 Å². The van der Waals surface area contributed by atoms with Gasteiger partial charge in [-0.05, 0) is 60.0 Å². The van der Waals surface area contributed by atoms with Gasteiger partial charge in [-0.3, -0.25) is 0 Å². The molecular formula is C17H19BrClNO. The van der Waals surface area contributed by atoms with Crippen molar-refractivity contribution in [1.82, 2.24) is 0 Å². The lowest BCUT2D eigenvalue weighted by Gasteiger charge is -2.21. The highest BCUT2D eigenvalue weighted by Crippen LogP contribution is 2.38. The first-order chi connectivity index (χ1) is 9.92. The second-order valence-electron chi connectivity index (χ2n) is 5.19.